The highest BCUT2D eigenvalue weighted by Crippen LogP contribution is 2.44. The maximum Gasteiger partial charge on any atom is 0.231 e. The number of carbonyl (C=O) groups is 1. The lowest BCUT2D eigenvalue weighted by atomic mass is 9.97. The molecule has 1 amide bonds. The fourth-order valence-corrected chi connectivity index (χ4v) is 4.47. The van der Waals surface area contributed by atoms with Crippen LogP contribution < -0.4 is 10.6 Å². The fraction of sp³-hybridized carbons (Fsp3) is 0.476. The van der Waals surface area contributed by atoms with Crippen LogP contribution in [0.15, 0.2) is 30.6 Å². The van der Waals surface area contributed by atoms with Crippen molar-refractivity contribution in [1.29, 1.82) is 0 Å². The zero-order chi connectivity index (χ0) is 20.5. The van der Waals surface area contributed by atoms with Crippen LogP contribution in [0.1, 0.15) is 48.2 Å². The van der Waals surface area contributed by atoms with Crippen molar-refractivity contribution in [2.24, 2.45) is 5.73 Å². The first-order valence-corrected chi connectivity index (χ1v) is 10.4. The second-order valence-corrected chi connectivity index (χ2v) is 8.19. The van der Waals surface area contributed by atoms with Crippen molar-refractivity contribution >= 4 is 23.3 Å². The zero-order valence-electron chi connectivity index (χ0n) is 16.4. The van der Waals surface area contributed by atoms with Gasteiger partial charge in [0.25, 0.3) is 0 Å². The Morgan fingerprint density at radius 2 is 1.93 bits per heavy atom. The molecule has 1 aliphatic heterocycles. The minimum atomic E-state index is -1.02. The third-order valence-electron chi connectivity index (χ3n) is 5.94. The van der Waals surface area contributed by atoms with Crippen molar-refractivity contribution in [3.05, 3.63) is 52.4 Å². The van der Waals surface area contributed by atoms with E-state index < -0.39 is 6.17 Å². The van der Waals surface area contributed by atoms with Gasteiger partial charge < -0.3 is 15.5 Å². The molecule has 3 atom stereocenters. The third-order valence-corrected chi connectivity index (χ3v) is 6.19. The summed E-state index contributed by atoms with van der Waals surface area (Å²) in [6.07, 6.45) is 0.884. The van der Waals surface area contributed by atoms with E-state index in [0.717, 1.165) is 16.9 Å². The van der Waals surface area contributed by atoms with E-state index in [1.807, 2.05) is 24.0 Å². The first-order valence-electron chi connectivity index (χ1n) is 9.97. The molecule has 6 nitrogen and oxygen atoms in total. The quantitative estimate of drug-likeness (QED) is 0.827. The smallest absolute Gasteiger partial charge is 0.231 e. The Hall–Kier alpha value is -2.25. The molecule has 154 valence electrons. The van der Waals surface area contributed by atoms with E-state index >= 15 is 0 Å². The first kappa shape index (κ1) is 20.0. The number of carbonyl (C=O) groups excluding carboxylic acids is 1. The molecule has 2 N–H and O–H groups in total. The number of nitrogens with two attached hydrogens (primary N) is 1. The van der Waals surface area contributed by atoms with Gasteiger partial charge in [-0.25, -0.2) is 14.4 Å². The molecular formula is C21H25ClFN5O. The van der Waals surface area contributed by atoms with Crippen molar-refractivity contribution in [3.63, 3.8) is 0 Å². The highest BCUT2D eigenvalue weighted by molar-refractivity contribution is 6.30. The fourth-order valence-electron chi connectivity index (χ4n) is 4.35. The molecular weight excluding hydrogens is 393 g/mol. The molecule has 1 saturated heterocycles. The van der Waals surface area contributed by atoms with Gasteiger partial charge in [-0.2, -0.15) is 0 Å². The first-order chi connectivity index (χ1) is 14.0. The van der Waals surface area contributed by atoms with E-state index in [1.165, 1.54) is 6.33 Å². The predicted molar refractivity (Wildman–Crippen MR) is 111 cm³/mol. The number of halogens is 2. The van der Waals surface area contributed by atoms with Gasteiger partial charge in [0.2, 0.25) is 5.91 Å². The molecule has 29 heavy (non-hydrogen) atoms. The van der Waals surface area contributed by atoms with Gasteiger partial charge in [-0.3, -0.25) is 4.79 Å². The number of anilines is 1. The maximum atomic E-state index is 14.2. The van der Waals surface area contributed by atoms with Crippen LogP contribution in [0.25, 0.3) is 0 Å². The van der Waals surface area contributed by atoms with Crippen LogP contribution in [-0.4, -0.2) is 53.5 Å². The molecule has 1 aromatic carbocycles. The molecule has 1 aromatic heterocycles. The second-order valence-electron chi connectivity index (χ2n) is 7.75. The highest BCUT2D eigenvalue weighted by atomic mass is 35.5. The van der Waals surface area contributed by atoms with E-state index in [2.05, 4.69) is 14.9 Å². The largest absolute Gasteiger partial charge is 0.353 e. The van der Waals surface area contributed by atoms with Crippen molar-refractivity contribution in [1.82, 2.24) is 14.9 Å². The van der Waals surface area contributed by atoms with E-state index in [1.54, 1.807) is 12.1 Å². The predicted octanol–water partition coefficient (Wildman–Crippen LogP) is 3.04. The Bertz CT molecular complexity index is 885. The molecule has 0 bridgehead atoms. The summed E-state index contributed by atoms with van der Waals surface area (Å²) in [6, 6.07) is 7.26. The van der Waals surface area contributed by atoms with Gasteiger partial charge in [-0.15, -0.1) is 0 Å². The Balaban J connectivity index is 1.46. The Kier molecular flexibility index (Phi) is 5.69. The monoisotopic (exact) mass is 417 g/mol. The summed E-state index contributed by atoms with van der Waals surface area (Å²) in [5, 5.41) is 0.632. The summed E-state index contributed by atoms with van der Waals surface area (Å²) in [5.41, 5.74) is 8.23. The zero-order valence-corrected chi connectivity index (χ0v) is 17.1. The minimum Gasteiger partial charge on any atom is -0.353 e. The summed E-state index contributed by atoms with van der Waals surface area (Å²) in [6.45, 7) is 4.72. The summed E-state index contributed by atoms with van der Waals surface area (Å²) < 4.78 is 14.2. The number of hydrogen-bond acceptors (Lipinski definition) is 5. The molecule has 2 aromatic rings. The number of rotatable bonds is 4. The molecule has 2 heterocycles. The van der Waals surface area contributed by atoms with Crippen LogP contribution in [0.5, 0.6) is 0 Å². The van der Waals surface area contributed by atoms with Crippen LogP contribution in [0.4, 0.5) is 10.2 Å². The van der Waals surface area contributed by atoms with Gasteiger partial charge in [-0.1, -0.05) is 30.7 Å². The third kappa shape index (κ3) is 3.81. The summed E-state index contributed by atoms with van der Waals surface area (Å²) in [7, 11) is 0. The highest BCUT2D eigenvalue weighted by Gasteiger charge is 2.35. The van der Waals surface area contributed by atoms with Gasteiger partial charge in [0, 0.05) is 43.3 Å². The summed E-state index contributed by atoms with van der Waals surface area (Å²) >= 11 is 5.96. The van der Waals surface area contributed by atoms with E-state index in [9.17, 15) is 9.18 Å². The molecule has 0 radical (unpaired) electrons. The average Bonchev–Trinajstić information content (AvgIpc) is 3.04. The lowest BCUT2D eigenvalue weighted by Gasteiger charge is -2.37. The molecule has 0 saturated carbocycles. The molecule has 1 fully saturated rings. The second kappa shape index (κ2) is 8.24. The number of nitrogens with zero attached hydrogens (tertiary/aromatic N) is 4. The maximum absolute atomic E-state index is 14.2. The van der Waals surface area contributed by atoms with Crippen molar-refractivity contribution in [3.8, 4) is 0 Å². The minimum absolute atomic E-state index is 0.0274. The molecule has 0 spiro atoms. The SMILES string of the molecule is C[C@@H]1C[C@H](F)c2ncnc(N3CCN(C(=O)[C@H](CN)c4ccc(Cl)cc4)CC3)c21. The lowest BCUT2D eigenvalue weighted by Crippen LogP contribution is -2.51. The summed E-state index contributed by atoms with van der Waals surface area (Å²) in [4.78, 5) is 25.7. The number of benzene rings is 1. The number of amides is 1. The van der Waals surface area contributed by atoms with Crippen molar-refractivity contribution in [2.75, 3.05) is 37.6 Å². The Labute approximate surface area is 174 Å². The van der Waals surface area contributed by atoms with Crippen molar-refractivity contribution < 1.29 is 9.18 Å². The Morgan fingerprint density at radius 1 is 1.24 bits per heavy atom. The van der Waals surface area contributed by atoms with E-state index in [4.69, 9.17) is 17.3 Å². The lowest BCUT2D eigenvalue weighted by molar-refractivity contribution is -0.132. The van der Waals surface area contributed by atoms with Crippen LogP contribution in [-0.2, 0) is 4.79 Å². The Morgan fingerprint density at radius 3 is 2.59 bits per heavy atom. The average molecular weight is 418 g/mol. The number of alkyl halides is 1. The number of aromatic nitrogens is 2. The van der Waals surface area contributed by atoms with Crippen LogP contribution >= 0.6 is 11.6 Å². The standard InChI is InChI=1S/C21H25ClFN5O/c1-13-10-17(23)19-18(13)20(26-12-25-19)27-6-8-28(9-7-27)21(29)16(11-24)14-2-4-15(22)5-3-14/h2-5,12-13,16-17H,6-11,24H2,1H3/t13-,16-,17+/m1/s1. The number of hydrogen-bond donors (Lipinski definition) is 1. The molecule has 4 rings (SSSR count). The molecule has 1 aliphatic carbocycles. The van der Waals surface area contributed by atoms with E-state index in [-0.39, 0.29) is 24.3 Å². The van der Waals surface area contributed by atoms with Crippen LogP contribution in [0, 0.1) is 0 Å². The van der Waals surface area contributed by atoms with Gasteiger partial charge in [0.1, 0.15) is 18.3 Å². The number of piperazine rings is 1. The van der Waals surface area contributed by atoms with Gasteiger partial charge >= 0.3 is 0 Å². The van der Waals surface area contributed by atoms with E-state index in [0.29, 0.717) is 43.3 Å². The topological polar surface area (TPSA) is 75.4 Å². The van der Waals surface area contributed by atoms with Crippen LogP contribution in [0.2, 0.25) is 5.02 Å². The van der Waals surface area contributed by atoms with Gasteiger partial charge in [0.15, 0.2) is 0 Å². The molecule has 2 aliphatic rings. The molecule has 8 heteroatoms. The van der Waals surface area contributed by atoms with Gasteiger partial charge in [0.05, 0.1) is 11.6 Å². The summed E-state index contributed by atoms with van der Waals surface area (Å²) in [5.74, 6) is 0.555. The van der Waals surface area contributed by atoms with Crippen molar-refractivity contribution in [2.45, 2.75) is 31.4 Å². The molecule has 0 unspecified atom stereocenters. The van der Waals surface area contributed by atoms with Gasteiger partial charge in [-0.05, 0) is 30.0 Å². The normalized spacial score (nSPS) is 22.5. The van der Waals surface area contributed by atoms with Crippen LogP contribution in [0.3, 0.4) is 0 Å². The number of fused-ring (bicyclic) bond motifs is 1.